The highest BCUT2D eigenvalue weighted by molar-refractivity contribution is 5.95. The maximum Gasteiger partial charge on any atom is 0.336 e. The molecule has 3 aromatic rings. The fourth-order valence-electron chi connectivity index (χ4n) is 3.38. The summed E-state index contributed by atoms with van der Waals surface area (Å²) in [5, 5.41) is 14.1. The van der Waals surface area contributed by atoms with Crippen LogP contribution in [-0.4, -0.2) is 25.8 Å². The van der Waals surface area contributed by atoms with Crippen molar-refractivity contribution in [3.05, 3.63) is 71.3 Å². The zero-order valence-corrected chi connectivity index (χ0v) is 17.4. The molecule has 0 amide bonds. The molecule has 0 saturated heterocycles. The van der Waals surface area contributed by atoms with Crippen LogP contribution in [0, 0.1) is 5.92 Å². The third kappa shape index (κ3) is 5.31. The number of hydrogen-bond acceptors (Lipinski definition) is 3. The Labute approximate surface area is 172 Å². The summed E-state index contributed by atoms with van der Waals surface area (Å²) in [6.07, 6.45) is 3.74. The summed E-state index contributed by atoms with van der Waals surface area (Å²) >= 11 is 0. The van der Waals surface area contributed by atoms with Crippen LogP contribution in [0.2, 0.25) is 0 Å². The molecule has 0 aliphatic heterocycles. The second-order valence-electron chi connectivity index (χ2n) is 7.82. The van der Waals surface area contributed by atoms with Gasteiger partial charge in [-0.2, -0.15) is 5.10 Å². The Balaban J connectivity index is 1.80. The first kappa shape index (κ1) is 20.8. The summed E-state index contributed by atoms with van der Waals surface area (Å²) in [6.45, 7) is 7.45. The van der Waals surface area contributed by atoms with Crippen LogP contribution >= 0.6 is 0 Å². The quantitative estimate of drug-likeness (QED) is 0.542. The Hall–Kier alpha value is -2.95. The summed E-state index contributed by atoms with van der Waals surface area (Å²) in [7, 11) is 0. The standard InChI is InChI=1S/C24H29N3O2/c1-4-15-27-23(25-22(26-27)14-9-17(2)3)16-18-10-12-19(13-11-18)20-7-5-6-8-21(20)24(28)29/h5-8,10-13,17H,4,9,14-16H2,1-3H3,(H,28,29). The summed E-state index contributed by atoms with van der Waals surface area (Å²) in [4.78, 5) is 16.3. The molecule has 0 atom stereocenters. The number of aromatic carboxylic acids is 1. The normalized spacial score (nSPS) is 11.2. The van der Waals surface area contributed by atoms with E-state index in [2.05, 4.69) is 20.8 Å². The zero-order chi connectivity index (χ0) is 20.8. The van der Waals surface area contributed by atoms with Crippen molar-refractivity contribution in [2.75, 3.05) is 0 Å². The molecule has 0 saturated carbocycles. The summed E-state index contributed by atoms with van der Waals surface area (Å²) in [5.41, 5.74) is 3.09. The van der Waals surface area contributed by atoms with E-state index in [9.17, 15) is 9.90 Å². The molecule has 0 aliphatic rings. The number of carboxylic acid groups (broad SMARTS) is 1. The molecule has 5 nitrogen and oxygen atoms in total. The molecule has 1 heterocycles. The monoisotopic (exact) mass is 391 g/mol. The molecule has 152 valence electrons. The van der Waals surface area contributed by atoms with Crippen molar-refractivity contribution in [3.63, 3.8) is 0 Å². The maximum atomic E-state index is 11.5. The van der Waals surface area contributed by atoms with Crippen molar-refractivity contribution < 1.29 is 9.90 Å². The molecule has 0 radical (unpaired) electrons. The minimum atomic E-state index is -0.911. The van der Waals surface area contributed by atoms with Gasteiger partial charge in [-0.1, -0.05) is 63.2 Å². The Morgan fingerprint density at radius 1 is 1.10 bits per heavy atom. The van der Waals surface area contributed by atoms with E-state index in [1.807, 2.05) is 41.1 Å². The Morgan fingerprint density at radius 3 is 2.48 bits per heavy atom. The van der Waals surface area contributed by atoms with Crippen LogP contribution in [0.4, 0.5) is 0 Å². The smallest absolute Gasteiger partial charge is 0.336 e. The van der Waals surface area contributed by atoms with Gasteiger partial charge in [0.15, 0.2) is 5.82 Å². The zero-order valence-electron chi connectivity index (χ0n) is 17.4. The van der Waals surface area contributed by atoms with E-state index in [1.165, 1.54) is 0 Å². The van der Waals surface area contributed by atoms with Crippen molar-refractivity contribution in [2.24, 2.45) is 5.92 Å². The topological polar surface area (TPSA) is 68.0 Å². The minimum absolute atomic E-state index is 0.317. The predicted octanol–water partition coefficient (Wildman–Crippen LogP) is 5.23. The Bertz CT molecular complexity index is 959. The maximum absolute atomic E-state index is 11.5. The third-order valence-electron chi connectivity index (χ3n) is 4.96. The Kier molecular flexibility index (Phi) is 6.81. The lowest BCUT2D eigenvalue weighted by Crippen LogP contribution is -2.06. The van der Waals surface area contributed by atoms with Crippen LogP contribution in [-0.2, 0) is 19.4 Å². The minimum Gasteiger partial charge on any atom is -0.478 e. The predicted molar refractivity (Wildman–Crippen MR) is 115 cm³/mol. The molecule has 29 heavy (non-hydrogen) atoms. The molecule has 2 aromatic carbocycles. The van der Waals surface area contributed by atoms with Crippen molar-refractivity contribution in [1.29, 1.82) is 0 Å². The number of hydrogen-bond donors (Lipinski definition) is 1. The summed E-state index contributed by atoms with van der Waals surface area (Å²) < 4.78 is 2.03. The van der Waals surface area contributed by atoms with Gasteiger partial charge in [0.1, 0.15) is 5.82 Å². The number of carboxylic acids is 1. The molecule has 0 aliphatic carbocycles. The van der Waals surface area contributed by atoms with E-state index in [0.29, 0.717) is 11.5 Å². The fourth-order valence-corrected chi connectivity index (χ4v) is 3.38. The van der Waals surface area contributed by atoms with Crippen LogP contribution in [0.25, 0.3) is 11.1 Å². The number of aryl methyl sites for hydroxylation is 2. The number of nitrogens with zero attached hydrogens (tertiary/aromatic N) is 3. The van der Waals surface area contributed by atoms with Gasteiger partial charge in [0.2, 0.25) is 0 Å². The van der Waals surface area contributed by atoms with Gasteiger partial charge in [0, 0.05) is 19.4 Å². The SMILES string of the molecule is CCCn1nc(CCC(C)C)nc1Cc1ccc(-c2ccccc2C(=O)O)cc1. The average Bonchev–Trinajstić information content (AvgIpc) is 3.08. The molecule has 1 aromatic heterocycles. The lowest BCUT2D eigenvalue weighted by molar-refractivity contribution is 0.0697. The summed E-state index contributed by atoms with van der Waals surface area (Å²) in [5.74, 6) is 1.64. The van der Waals surface area contributed by atoms with Gasteiger partial charge in [-0.15, -0.1) is 0 Å². The molecule has 0 fully saturated rings. The molecule has 1 N–H and O–H groups in total. The van der Waals surface area contributed by atoms with Gasteiger partial charge in [-0.3, -0.25) is 0 Å². The number of benzene rings is 2. The lowest BCUT2D eigenvalue weighted by Gasteiger charge is -2.08. The molecule has 0 bridgehead atoms. The highest BCUT2D eigenvalue weighted by Gasteiger charge is 2.13. The molecular formula is C24H29N3O2. The van der Waals surface area contributed by atoms with Gasteiger partial charge in [-0.05, 0) is 41.5 Å². The second-order valence-corrected chi connectivity index (χ2v) is 7.82. The van der Waals surface area contributed by atoms with Crippen molar-refractivity contribution in [1.82, 2.24) is 14.8 Å². The largest absolute Gasteiger partial charge is 0.478 e. The molecular weight excluding hydrogens is 362 g/mol. The van der Waals surface area contributed by atoms with E-state index >= 15 is 0 Å². The van der Waals surface area contributed by atoms with Crippen molar-refractivity contribution in [3.8, 4) is 11.1 Å². The first-order valence-electron chi connectivity index (χ1n) is 10.3. The second kappa shape index (κ2) is 9.50. The van der Waals surface area contributed by atoms with E-state index in [1.54, 1.807) is 12.1 Å². The van der Waals surface area contributed by atoms with Crippen LogP contribution in [0.5, 0.6) is 0 Å². The molecule has 5 heteroatoms. The van der Waals surface area contributed by atoms with E-state index in [0.717, 1.165) is 60.6 Å². The van der Waals surface area contributed by atoms with Crippen molar-refractivity contribution >= 4 is 5.97 Å². The van der Waals surface area contributed by atoms with Crippen LogP contribution < -0.4 is 0 Å². The highest BCUT2D eigenvalue weighted by Crippen LogP contribution is 2.24. The first-order valence-corrected chi connectivity index (χ1v) is 10.3. The molecule has 0 unspecified atom stereocenters. The van der Waals surface area contributed by atoms with Gasteiger partial charge in [0.05, 0.1) is 5.56 Å². The van der Waals surface area contributed by atoms with Gasteiger partial charge >= 0.3 is 5.97 Å². The third-order valence-corrected chi connectivity index (χ3v) is 4.96. The van der Waals surface area contributed by atoms with E-state index in [4.69, 9.17) is 10.1 Å². The van der Waals surface area contributed by atoms with E-state index in [-0.39, 0.29) is 0 Å². The average molecular weight is 392 g/mol. The van der Waals surface area contributed by atoms with E-state index < -0.39 is 5.97 Å². The molecule has 0 spiro atoms. The van der Waals surface area contributed by atoms with Gasteiger partial charge in [0.25, 0.3) is 0 Å². The highest BCUT2D eigenvalue weighted by atomic mass is 16.4. The molecule has 3 rings (SSSR count). The number of aromatic nitrogens is 3. The first-order chi connectivity index (χ1) is 14.0. The number of rotatable bonds is 9. The van der Waals surface area contributed by atoms with Gasteiger partial charge < -0.3 is 5.11 Å². The van der Waals surface area contributed by atoms with Crippen LogP contribution in [0.1, 0.15) is 61.2 Å². The van der Waals surface area contributed by atoms with Crippen molar-refractivity contribution in [2.45, 2.75) is 53.0 Å². The van der Waals surface area contributed by atoms with Crippen LogP contribution in [0.15, 0.2) is 48.5 Å². The number of carbonyl (C=O) groups is 1. The van der Waals surface area contributed by atoms with Gasteiger partial charge in [-0.25, -0.2) is 14.5 Å². The lowest BCUT2D eigenvalue weighted by atomic mass is 9.98. The Morgan fingerprint density at radius 2 is 1.83 bits per heavy atom. The van der Waals surface area contributed by atoms with Crippen LogP contribution in [0.3, 0.4) is 0 Å². The fraction of sp³-hybridized carbons (Fsp3) is 0.375. The summed E-state index contributed by atoms with van der Waals surface area (Å²) in [6, 6.07) is 15.2.